The van der Waals surface area contributed by atoms with Crippen molar-refractivity contribution in [3.8, 4) is 5.75 Å². The van der Waals surface area contributed by atoms with E-state index in [2.05, 4.69) is 24.1 Å². The van der Waals surface area contributed by atoms with E-state index in [0.717, 1.165) is 42.8 Å². The van der Waals surface area contributed by atoms with Crippen LogP contribution in [0, 0.1) is 23.6 Å². The summed E-state index contributed by atoms with van der Waals surface area (Å²) >= 11 is 0. The number of carbonyl (C=O) groups is 1. The molecular formula is C27H35FN2O2. The van der Waals surface area contributed by atoms with Gasteiger partial charge in [0.2, 0.25) is 5.91 Å². The summed E-state index contributed by atoms with van der Waals surface area (Å²) in [5.41, 5.74) is 1.98. The molecule has 172 valence electrons. The van der Waals surface area contributed by atoms with Crippen molar-refractivity contribution >= 4 is 5.91 Å². The number of carbonyl (C=O) groups excluding carboxylic acids is 1. The van der Waals surface area contributed by atoms with E-state index >= 15 is 0 Å². The van der Waals surface area contributed by atoms with Crippen LogP contribution in [0.2, 0.25) is 0 Å². The highest BCUT2D eigenvalue weighted by Gasteiger charge is 2.41. The number of benzene rings is 2. The van der Waals surface area contributed by atoms with E-state index in [1.165, 1.54) is 18.6 Å². The minimum absolute atomic E-state index is 0.147. The monoisotopic (exact) mass is 438 g/mol. The number of hydrogen-bond acceptors (Lipinski definition) is 3. The van der Waals surface area contributed by atoms with E-state index in [9.17, 15) is 9.18 Å². The smallest absolute Gasteiger partial charge is 0.227 e. The van der Waals surface area contributed by atoms with Gasteiger partial charge in [0, 0.05) is 12.6 Å². The van der Waals surface area contributed by atoms with Crippen LogP contribution in [0.4, 0.5) is 4.39 Å². The predicted octanol–water partition coefficient (Wildman–Crippen LogP) is 4.82. The maximum Gasteiger partial charge on any atom is 0.227 e. The minimum Gasteiger partial charge on any atom is -0.493 e. The fourth-order valence-corrected chi connectivity index (χ4v) is 5.17. The summed E-state index contributed by atoms with van der Waals surface area (Å²) in [6.07, 6.45) is 3.92. The van der Waals surface area contributed by atoms with Gasteiger partial charge in [0.25, 0.3) is 0 Å². The van der Waals surface area contributed by atoms with Crippen LogP contribution in [0.25, 0.3) is 0 Å². The van der Waals surface area contributed by atoms with Crippen molar-refractivity contribution in [2.75, 3.05) is 19.7 Å². The second-order valence-corrected chi connectivity index (χ2v) is 9.77. The topological polar surface area (TPSA) is 41.6 Å². The number of amides is 1. The van der Waals surface area contributed by atoms with E-state index < -0.39 is 0 Å². The van der Waals surface area contributed by atoms with Gasteiger partial charge in [-0.15, -0.1) is 0 Å². The highest BCUT2D eigenvalue weighted by molar-refractivity contribution is 5.79. The van der Waals surface area contributed by atoms with Gasteiger partial charge in [-0.1, -0.05) is 44.5 Å². The van der Waals surface area contributed by atoms with Crippen molar-refractivity contribution in [1.82, 2.24) is 10.2 Å². The summed E-state index contributed by atoms with van der Waals surface area (Å²) in [5, 5.41) is 3.56. The lowest BCUT2D eigenvalue weighted by atomic mass is 9.73. The average Bonchev–Trinajstić information content (AvgIpc) is 2.77. The highest BCUT2D eigenvalue weighted by Crippen LogP contribution is 2.36. The molecule has 1 aliphatic heterocycles. The van der Waals surface area contributed by atoms with Crippen molar-refractivity contribution in [2.45, 2.75) is 52.1 Å². The number of piperidine rings is 1. The zero-order chi connectivity index (χ0) is 22.5. The normalized spacial score (nSPS) is 22.6. The number of rotatable bonds is 8. The lowest BCUT2D eigenvalue weighted by molar-refractivity contribution is -0.138. The molecule has 2 atom stereocenters. The van der Waals surface area contributed by atoms with Crippen molar-refractivity contribution in [2.24, 2.45) is 17.8 Å². The Morgan fingerprint density at radius 2 is 1.66 bits per heavy atom. The SMILES string of the molecule is CC(C)COc1ccc(CC(=O)N(Cc2ccc(F)cc2)C2C3CCCC2CNC3)cc1. The predicted molar refractivity (Wildman–Crippen MR) is 125 cm³/mol. The number of hydrogen-bond donors (Lipinski definition) is 1. The van der Waals surface area contributed by atoms with Crippen LogP contribution in [-0.4, -0.2) is 36.5 Å². The molecule has 1 N–H and O–H groups in total. The van der Waals surface area contributed by atoms with Gasteiger partial charge in [-0.3, -0.25) is 4.79 Å². The number of halogens is 1. The molecule has 1 heterocycles. The lowest BCUT2D eigenvalue weighted by Crippen LogP contribution is -2.58. The van der Waals surface area contributed by atoms with Gasteiger partial charge in [0.15, 0.2) is 0 Å². The Morgan fingerprint density at radius 3 is 2.28 bits per heavy atom. The molecule has 0 radical (unpaired) electrons. The molecule has 1 aliphatic carbocycles. The van der Waals surface area contributed by atoms with Crippen LogP contribution in [0.3, 0.4) is 0 Å². The summed E-state index contributed by atoms with van der Waals surface area (Å²) in [6.45, 7) is 7.40. The fourth-order valence-electron chi connectivity index (χ4n) is 5.17. The van der Waals surface area contributed by atoms with Crippen molar-refractivity contribution in [1.29, 1.82) is 0 Å². The van der Waals surface area contributed by atoms with Crippen LogP contribution in [0.15, 0.2) is 48.5 Å². The number of nitrogens with zero attached hydrogens (tertiary/aromatic N) is 1. The van der Waals surface area contributed by atoms with Gasteiger partial charge in [0.05, 0.1) is 13.0 Å². The molecule has 2 bridgehead atoms. The van der Waals surface area contributed by atoms with Crippen molar-refractivity contribution in [3.05, 3.63) is 65.5 Å². The summed E-state index contributed by atoms with van der Waals surface area (Å²) in [6, 6.07) is 14.7. The van der Waals surface area contributed by atoms with Crippen molar-refractivity contribution in [3.63, 3.8) is 0 Å². The summed E-state index contributed by atoms with van der Waals surface area (Å²) in [5.74, 6) is 2.18. The van der Waals surface area contributed by atoms with Gasteiger partial charge >= 0.3 is 0 Å². The van der Waals surface area contributed by atoms with Crippen LogP contribution >= 0.6 is 0 Å². The van der Waals surface area contributed by atoms with Gasteiger partial charge in [-0.25, -0.2) is 4.39 Å². The zero-order valence-corrected chi connectivity index (χ0v) is 19.2. The first-order chi connectivity index (χ1) is 15.5. The molecule has 1 saturated heterocycles. The second kappa shape index (κ2) is 10.5. The Labute approximate surface area is 191 Å². The Hall–Kier alpha value is -2.40. The molecule has 2 unspecified atom stereocenters. The summed E-state index contributed by atoms with van der Waals surface area (Å²) in [4.78, 5) is 15.7. The Bertz CT molecular complexity index is 860. The summed E-state index contributed by atoms with van der Waals surface area (Å²) in [7, 11) is 0. The molecule has 4 nitrogen and oxygen atoms in total. The highest BCUT2D eigenvalue weighted by atomic mass is 19.1. The molecule has 0 aromatic heterocycles. The third-order valence-corrected chi connectivity index (χ3v) is 6.74. The average molecular weight is 439 g/mol. The number of fused-ring (bicyclic) bond motifs is 2. The van der Waals surface area contributed by atoms with Crippen LogP contribution in [0.1, 0.15) is 44.2 Å². The number of nitrogens with one attached hydrogen (secondary N) is 1. The van der Waals surface area contributed by atoms with E-state index in [-0.39, 0.29) is 17.8 Å². The molecule has 1 saturated carbocycles. The first-order valence-corrected chi connectivity index (χ1v) is 12.0. The lowest BCUT2D eigenvalue weighted by Gasteiger charge is -2.48. The minimum atomic E-state index is -0.245. The molecular weight excluding hydrogens is 403 g/mol. The Balaban J connectivity index is 1.51. The molecule has 2 aromatic rings. The summed E-state index contributed by atoms with van der Waals surface area (Å²) < 4.78 is 19.2. The van der Waals surface area contributed by atoms with Gasteiger partial charge in [-0.2, -0.15) is 0 Å². The molecule has 5 heteroatoms. The van der Waals surface area contributed by atoms with E-state index in [0.29, 0.717) is 37.3 Å². The van der Waals surface area contributed by atoms with Crippen LogP contribution < -0.4 is 10.1 Å². The first-order valence-electron chi connectivity index (χ1n) is 12.0. The Morgan fingerprint density at radius 1 is 1.03 bits per heavy atom. The third kappa shape index (κ3) is 5.69. The molecule has 32 heavy (non-hydrogen) atoms. The standard InChI is InChI=1S/C27H35FN2O2/c1-19(2)18-32-25-12-8-20(9-13-25)14-26(31)30(17-21-6-10-24(28)11-7-21)27-22-4-3-5-23(27)16-29-15-22/h6-13,19,22-23,27,29H,3-5,14-18H2,1-2H3. The van der Waals surface area contributed by atoms with Gasteiger partial charge < -0.3 is 15.0 Å². The van der Waals surface area contributed by atoms with E-state index in [1.54, 1.807) is 12.1 Å². The second-order valence-electron chi connectivity index (χ2n) is 9.77. The third-order valence-electron chi connectivity index (χ3n) is 6.74. The van der Waals surface area contributed by atoms with Gasteiger partial charge in [-0.05, 0) is 79.1 Å². The molecule has 0 spiro atoms. The largest absolute Gasteiger partial charge is 0.493 e. The van der Waals surface area contributed by atoms with E-state index in [4.69, 9.17) is 4.74 Å². The maximum atomic E-state index is 13.6. The zero-order valence-electron chi connectivity index (χ0n) is 19.2. The molecule has 2 aliphatic rings. The maximum absolute atomic E-state index is 13.6. The van der Waals surface area contributed by atoms with Crippen LogP contribution in [-0.2, 0) is 17.8 Å². The first kappa shape index (κ1) is 22.8. The Kier molecular flexibility index (Phi) is 7.46. The molecule has 4 rings (SSSR count). The van der Waals surface area contributed by atoms with Crippen molar-refractivity contribution < 1.29 is 13.9 Å². The molecule has 2 aromatic carbocycles. The fraction of sp³-hybridized carbons (Fsp3) is 0.519. The van der Waals surface area contributed by atoms with Gasteiger partial charge in [0.1, 0.15) is 11.6 Å². The molecule has 2 fully saturated rings. The van der Waals surface area contributed by atoms with E-state index in [1.807, 2.05) is 24.3 Å². The quantitative estimate of drug-likeness (QED) is 0.643. The van der Waals surface area contributed by atoms with Crippen LogP contribution in [0.5, 0.6) is 5.75 Å². The molecule has 1 amide bonds. The number of ether oxygens (including phenoxy) is 1.